The predicted molar refractivity (Wildman–Crippen MR) is 65.7 cm³/mol. The number of thiazole rings is 1. The summed E-state index contributed by atoms with van der Waals surface area (Å²) in [6.45, 7) is 4.16. The van der Waals surface area contributed by atoms with E-state index in [1.165, 1.54) is 4.88 Å². The van der Waals surface area contributed by atoms with E-state index in [9.17, 15) is 0 Å². The molecule has 5 heteroatoms. The molecule has 0 aliphatic rings. The largest absolute Gasteiger partial charge is 0.347 e. The Morgan fingerprint density at radius 2 is 2.31 bits per heavy atom. The van der Waals surface area contributed by atoms with E-state index in [0.29, 0.717) is 0 Å². The average Bonchev–Trinajstić information content (AvgIpc) is 2.86. The summed E-state index contributed by atoms with van der Waals surface area (Å²) in [6, 6.07) is 0.208. The third-order valence-electron chi connectivity index (χ3n) is 2.65. The highest BCUT2D eigenvalue weighted by molar-refractivity contribution is 7.11. The summed E-state index contributed by atoms with van der Waals surface area (Å²) in [5.74, 6) is 0.966. The van der Waals surface area contributed by atoms with E-state index in [1.807, 2.05) is 13.2 Å². The second-order valence-corrected chi connectivity index (χ2v) is 5.06. The van der Waals surface area contributed by atoms with Crippen LogP contribution in [-0.4, -0.2) is 22.0 Å². The molecule has 0 radical (unpaired) electrons. The third kappa shape index (κ3) is 2.31. The van der Waals surface area contributed by atoms with Gasteiger partial charge in [0, 0.05) is 23.7 Å². The first-order valence-corrected chi connectivity index (χ1v) is 6.11. The van der Waals surface area contributed by atoms with E-state index < -0.39 is 0 Å². The van der Waals surface area contributed by atoms with Crippen molar-refractivity contribution in [3.8, 4) is 0 Å². The monoisotopic (exact) mass is 236 g/mol. The molecule has 0 bridgehead atoms. The molecule has 1 atom stereocenters. The molecular weight excluding hydrogens is 220 g/mol. The van der Waals surface area contributed by atoms with Gasteiger partial charge in [-0.15, -0.1) is 11.3 Å². The van der Waals surface area contributed by atoms with Crippen LogP contribution in [0.5, 0.6) is 0 Å². The number of H-pyrrole nitrogens is 1. The highest BCUT2D eigenvalue weighted by atomic mass is 32.1. The second-order valence-electron chi connectivity index (χ2n) is 3.77. The van der Waals surface area contributed by atoms with Gasteiger partial charge in [0.05, 0.1) is 16.7 Å². The van der Waals surface area contributed by atoms with E-state index in [2.05, 4.69) is 34.1 Å². The Kier molecular flexibility index (Phi) is 3.36. The highest BCUT2D eigenvalue weighted by Gasteiger charge is 2.15. The van der Waals surface area contributed by atoms with Crippen molar-refractivity contribution in [3.63, 3.8) is 0 Å². The van der Waals surface area contributed by atoms with E-state index in [-0.39, 0.29) is 6.04 Å². The molecule has 2 aromatic rings. The van der Waals surface area contributed by atoms with Gasteiger partial charge in [0.15, 0.2) is 0 Å². The summed E-state index contributed by atoms with van der Waals surface area (Å²) in [6.07, 6.45) is 4.50. The van der Waals surface area contributed by atoms with Crippen molar-refractivity contribution in [1.82, 2.24) is 20.3 Å². The van der Waals surface area contributed by atoms with Gasteiger partial charge in [-0.2, -0.15) is 0 Å². The van der Waals surface area contributed by atoms with Crippen LogP contribution in [0.4, 0.5) is 0 Å². The van der Waals surface area contributed by atoms with E-state index >= 15 is 0 Å². The highest BCUT2D eigenvalue weighted by Crippen LogP contribution is 2.21. The van der Waals surface area contributed by atoms with E-state index in [0.717, 1.165) is 22.9 Å². The smallest absolute Gasteiger partial charge is 0.123 e. The zero-order chi connectivity index (χ0) is 11.5. The van der Waals surface area contributed by atoms with Crippen molar-refractivity contribution in [2.24, 2.45) is 0 Å². The fourth-order valence-corrected chi connectivity index (χ4v) is 2.58. The Bertz CT molecular complexity index is 427. The zero-order valence-electron chi connectivity index (χ0n) is 9.74. The Balaban J connectivity index is 2.13. The van der Waals surface area contributed by atoms with Gasteiger partial charge in [0.25, 0.3) is 0 Å². The van der Waals surface area contributed by atoms with Crippen molar-refractivity contribution < 1.29 is 0 Å². The number of hydrogen-bond donors (Lipinski definition) is 2. The maximum absolute atomic E-state index is 4.54. The molecule has 0 aliphatic carbocycles. The van der Waals surface area contributed by atoms with Crippen LogP contribution in [-0.2, 0) is 6.42 Å². The number of hydrogen-bond acceptors (Lipinski definition) is 4. The number of aromatic amines is 1. The zero-order valence-corrected chi connectivity index (χ0v) is 10.6. The molecule has 2 rings (SSSR count). The summed E-state index contributed by atoms with van der Waals surface area (Å²) in [5, 5.41) is 4.41. The van der Waals surface area contributed by atoms with Gasteiger partial charge >= 0.3 is 0 Å². The minimum Gasteiger partial charge on any atom is -0.347 e. The lowest BCUT2D eigenvalue weighted by Gasteiger charge is -2.11. The SMILES string of the molecule is CNC(Cc1nc(C)c(C)s1)c1ncc[nH]1. The Hall–Kier alpha value is -1.20. The topological polar surface area (TPSA) is 53.6 Å². The van der Waals surface area contributed by atoms with Gasteiger partial charge in [0.1, 0.15) is 5.82 Å². The van der Waals surface area contributed by atoms with Crippen molar-refractivity contribution in [1.29, 1.82) is 0 Å². The predicted octanol–water partition coefficient (Wildman–Crippen LogP) is 1.99. The molecule has 2 aromatic heterocycles. The van der Waals surface area contributed by atoms with Crippen LogP contribution < -0.4 is 5.32 Å². The fraction of sp³-hybridized carbons (Fsp3) is 0.455. The Morgan fingerprint density at radius 1 is 1.50 bits per heavy atom. The summed E-state index contributed by atoms with van der Waals surface area (Å²) >= 11 is 1.76. The molecule has 2 heterocycles. The van der Waals surface area contributed by atoms with Gasteiger partial charge in [-0.05, 0) is 20.9 Å². The number of rotatable bonds is 4. The van der Waals surface area contributed by atoms with Crippen LogP contribution in [0.3, 0.4) is 0 Å². The molecule has 0 fully saturated rings. The number of likely N-dealkylation sites (N-methyl/N-ethyl adjacent to an activating group) is 1. The molecular formula is C11H16N4S. The Labute approximate surface area is 99.2 Å². The van der Waals surface area contributed by atoms with Gasteiger partial charge in [-0.1, -0.05) is 0 Å². The number of aromatic nitrogens is 3. The molecule has 16 heavy (non-hydrogen) atoms. The van der Waals surface area contributed by atoms with Crippen molar-refractivity contribution in [2.75, 3.05) is 7.05 Å². The molecule has 86 valence electrons. The summed E-state index contributed by atoms with van der Waals surface area (Å²) in [5.41, 5.74) is 1.13. The second kappa shape index (κ2) is 4.76. The number of aryl methyl sites for hydroxylation is 2. The Morgan fingerprint density at radius 3 is 2.81 bits per heavy atom. The summed E-state index contributed by atoms with van der Waals surface area (Å²) in [7, 11) is 1.94. The maximum atomic E-state index is 4.54. The third-order valence-corrected chi connectivity index (χ3v) is 3.74. The van der Waals surface area contributed by atoms with Gasteiger partial charge < -0.3 is 10.3 Å². The molecule has 0 spiro atoms. The van der Waals surface area contributed by atoms with Crippen LogP contribution in [0.2, 0.25) is 0 Å². The molecule has 0 aliphatic heterocycles. The van der Waals surface area contributed by atoms with E-state index in [4.69, 9.17) is 0 Å². The fourth-order valence-electron chi connectivity index (χ4n) is 1.60. The molecule has 0 amide bonds. The average molecular weight is 236 g/mol. The molecule has 4 nitrogen and oxygen atoms in total. The van der Waals surface area contributed by atoms with Crippen molar-refractivity contribution in [2.45, 2.75) is 26.3 Å². The number of nitrogens with zero attached hydrogens (tertiary/aromatic N) is 2. The van der Waals surface area contributed by atoms with Crippen molar-refractivity contribution in [3.05, 3.63) is 33.8 Å². The standard InChI is InChI=1S/C11H16N4S/c1-7-8(2)16-10(15-7)6-9(12-3)11-13-4-5-14-11/h4-5,9,12H,6H2,1-3H3,(H,13,14). The minimum atomic E-state index is 0.208. The first-order valence-electron chi connectivity index (χ1n) is 5.30. The lowest BCUT2D eigenvalue weighted by atomic mass is 10.2. The maximum Gasteiger partial charge on any atom is 0.123 e. The molecule has 1 unspecified atom stereocenters. The van der Waals surface area contributed by atoms with Gasteiger partial charge in [-0.25, -0.2) is 9.97 Å². The summed E-state index contributed by atoms with van der Waals surface area (Å²) in [4.78, 5) is 13.2. The van der Waals surface area contributed by atoms with Crippen LogP contribution in [0.25, 0.3) is 0 Å². The van der Waals surface area contributed by atoms with Gasteiger partial charge in [-0.3, -0.25) is 0 Å². The van der Waals surface area contributed by atoms with Crippen LogP contribution in [0, 0.1) is 13.8 Å². The summed E-state index contributed by atoms with van der Waals surface area (Å²) < 4.78 is 0. The van der Waals surface area contributed by atoms with Crippen molar-refractivity contribution >= 4 is 11.3 Å². The molecule has 0 aromatic carbocycles. The molecule has 0 saturated heterocycles. The van der Waals surface area contributed by atoms with Crippen LogP contribution in [0.1, 0.15) is 27.4 Å². The first-order chi connectivity index (χ1) is 7.70. The van der Waals surface area contributed by atoms with Crippen LogP contribution >= 0.6 is 11.3 Å². The number of imidazole rings is 1. The van der Waals surface area contributed by atoms with Crippen LogP contribution in [0.15, 0.2) is 12.4 Å². The molecule has 2 N–H and O–H groups in total. The number of nitrogens with one attached hydrogen (secondary N) is 2. The van der Waals surface area contributed by atoms with Gasteiger partial charge in [0.2, 0.25) is 0 Å². The first kappa shape index (κ1) is 11.3. The minimum absolute atomic E-state index is 0.208. The lowest BCUT2D eigenvalue weighted by molar-refractivity contribution is 0.561. The lowest BCUT2D eigenvalue weighted by Crippen LogP contribution is -2.20. The normalized spacial score (nSPS) is 12.9. The quantitative estimate of drug-likeness (QED) is 0.853. The van der Waals surface area contributed by atoms with E-state index in [1.54, 1.807) is 17.5 Å². The molecule has 0 saturated carbocycles.